The fourth-order valence-electron chi connectivity index (χ4n) is 2.34. The van der Waals surface area contributed by atoms with E-state index in [9.17, 15) is 4.39 Å². The largest absolute Gasteiger partial charge is 0.313 e. The fourth-order valence-corrected chi connectivity index (χ4v) is 2.34. The predicted octanol–water partition coefficient (Wildman–Crippen LogP) is 4.03. The van der Waals surface area contributed by atoms with Crippen molar-refractivity contribution in [2.24, 2.45) is 0 Å². The number of aryl methyl sites for hydroxylation is 2. The number of hydrogen-bond acceptors (Lipinski definition) is 1. The van der Waals surface area contributed by atoms with Crippen molar-refractivity contribution in [1.82, 2.24) is 5.32 Å². The van der Waals surface area contributed by atoms with Crippen LogP contribution < -0.4 is 5.32 Å². The lowest BCUT2D eigenvalue weighted by Crippen LogP contribution is -2.17. The maximum Gasteiger partial charge on any atom is 0.126 e. The molecule has 2 rings (SSSR count). The summed E-state index contributed by atoms with van der Waals surface area (Å²) in [4.78, 5) is 0. The first kappa shape index (κ1) is 13.8. The molecule has 2 heteroatoms. The van der Waals surface area contributed by atoms with Gasteiger partial charge in [-0.25, -0.2) is 4.39 Å². The molecule has 0 saturated heterocycles. The first-order valence-electron chi connectivity index (χ1n) is 6.68. The zero-order valence-corrected chi connectivity index (χ0v) is 11.5. The van der Waals surface area contributed by atoms with Crippen molar-refractivity contribution in [3.8, 4) is 0 Å². The summed E-state index contributed by atoms with van der Waals surface area (Å²) in [6.07, 6.45) is 1.95. The van der Waals surface area contributed by atoms with Crippen molar-refractivity contribution in [3.63, 3.8) is 0 Å². The molecule has 2 aromatic rings. The van der Waals surface area contributed by atoms with E-state index < -0.39 is 0 Å². The molecule has 1 atom stereocenters. The van der Waals surface area contributed by atoms with E-state index in [-0.39, 0.29) is 5.82 Å². The third kappa shape index (κ3) is 3.65. The van der Waals surface area contributed by atoms with Crippen LogP contribution in [0.25, 0.3) is 0 Å². The monoisotopic (exact) mass is 257 g/mol. The van der Waals surface area contributed by atoms with Gasteiger partial charge in [0.05, 0.1) is 0 Å². The van der Waals surface area contributed by atoms with Crippen LogP contribution in [-0.2, 0) is 6.42 Å². The van der Waals surface area contributed by atoms with Gasteiger partial charge in [0.15, 0.2) is 0 Å². The molecule has 0 bridgehead atoms. The second-order valence-electron chi connectivity index (χ2n) is 4.87. The molecule has 0 fully saturated rings. The Morgan fingerprint density at radius 2 is 1.84 bits per heavy atom. The Morgan fingerprint density at radius 1 is 1.11 bits per heavy atom. The van der Waals surface area contributed by atoms with Gasteiger partial charge in [0.2, 0.25) is 0 Å². The second kappa shape index (κ2) is 6.48. The summed E-state index contributed by atoms with van der Waals surface area (Å²) in [5.41, 5.74) is 3.21. The number of benzene rings is 2. The molecule has 0 saturated carbocycles. The van der Waals surface area contributed by atoms with Gasteiger partial charge in [0, 0.05) is 6.04 Å². The van der Waals surface area contributed by atoms with E-state index in [1.54, 1.807) is 6.07 Å². The molecular weight excluding hydrogens is 237 g/mol. The Labute approximate surface area is 114 Å². The SMILES string of the molecule is CNC(CCc1ccc(F)c(C)c1)c1ccccc1. The molecule has 0 aliphatic heterocycles. The Bertz CT molecular complexity index is 522. The molecule has 0 aliphatic carbocycles. The molecule has 0 spiro atoms. The summed E-state index contributed by atoms with van der Waals surface area (Å²) in [7, 11) is 1.98. The quantitative estimate of drug-likeness (QED) is 0.852. The van der Waals surface area contributed by atoms with Gasteiger partial charge in [0.1, 0.15) is 5.82 Å². The average Bonchev–Trinajstić information content (AvgIpc) is 2.44. The standard InChI is InChI=1S/C17H20FN/c1-13-12-14(8-10-16(13)18)9-11-17(19-2)15-6-4-3-5-7-15/h3-8,10,12,17,19H,9,11H2,1-2H3. The number of hydrogen-bond donors (Lipinski definition) is 1. The second-order valence-corrected chi connectivity index (χ2v) is 4.87. The summed E-state index contributed by atoms with van der Waals surface area (Å²) in [6.45, 7) is 1.81. The highest BCUT2D eigenvalue weighted by atomic mass is 19.1. The van der Waals surface area contributed by atoms with Crippen molar-refractivity contribution >= 4 is 0 Å². The number of nitrogens with one attached hydrogen (secondary N) is 1. The first-order valence-corrected chi connectivity index (χ1v) is 6.68. The van der Waals surface area contributed by atoms with Crippen molar-refractivity contribution < 1.29 is 4.39 Å². The van der Waals surface area contributed by atoms with Gasteiger partial charge in [-0.2, -0.15) is 0 Å². The maximum absolute atomic E-state index is 13.2. The lowest BCUT2D eigenvalue weighted by atomic mass is 9.98. The van der Waals surface area contributed by atoms with Crippen LogP contribution in [0.4, 0.5) is 4.39 Å². The van der Waals surface area contributed by atoms with Crippen LogP contribution in [-0.4, -0.2) is 7.05 Å². The molecule has 1 unspecified atom stereocenters. The Balaban J connectivity index is 2.02. The van der Waals surface area contributed by atoms with Crippen molar-refractivity contribution in [3.05, 3.63) is 71.0 Å². The predicted molar refractivity (Wildman–Crippen MR) is 77.7 cm³/mol. The summed E-state index contributed by atoms with van der Waals surface area (Å²) in [5, 5.41) is 3.34. The van der Waals surface area contributed by atoms with Crippen LogP contribution >= 0.6 is 0 Å². The van der Waals surface area contributed by atoms with E-state index in [1.165, 1.54) is 11.1 Å². The van der Waals surface area contributed by atoms with Crippen LogP contribution in [0, 0.1) is 12.7 Å². The topological polar surface area (TPSA) is 12.0 Å². The van der Waals surface area contributed by atoms with E-state index in [2.05, 4.69) is 29.6 Å². The molecule has 0 aromatic heterocycles. The van der Waals surface area contributed by atoms with Gasteiger partial charge in [0.25, 0.3) is 0 Å². The van der Waals surface area contributed by atoms with Crippen LogP contribution in [0.5, 0.6) is 0 Å². The molecule has 0 radical (unpaired) electrons. The molecular formula is C17H20FN. The van der Waals surface area contributed by atoms with Gasteiger partial charge in [-0.05, 0) is 49.6 Å². The molecule has 0 aliphatic rings. The third-order valence-corrected chi connectivity index (χ3v) is 3.49. The molecule has 1 nitrogen and oxygen atoms in total. The minimum absolute atomic E-state index is 0.128. The van der Waals surface area contributed by atoms with Crippen molar-refractivity contribution in [2.75, 3.05) is 7.05 Å². The average molecular weight is 257 g/mol. The molecule has 19 heavy (non-hydrogen) atoms. The Morgan fingerprint density at radius 3 is 2.47 bits per heavy atom. The molecule has 1 N–H and O–H groups in total. The molecule has 0 heterocycles. The normalized spacial score (nSPS) is 12.4. The van der Waals surface area contributed by atoms with E-state index in [0.29, 0.717) is 6.04 Å². The van der Waals surface area contributed by atoms with Crippen LogP contribution in [0.3, 0.4) is 0 Å². The van der Waals surface area contributed by atoms with E-state index in [4.69, 9.17) is 0 Å². The summed E-state index contributed by atoms with van der Waals surface area (Å²) in [6, 6.07) is 16.1. The van der Waals surface area contributed by atoms with Gasteiger partial charge in [-0.3, -0.25) is 0 Å². The van der Waals surface area contributed by atoms with E-state index in [0.717, 1.165) is 18.4 Å². The van der Waals surface area contributed by atoms with Gasteiger partial charge >= 0.3 is 0 Å². The first-order chi connectivity index (χ1) is 9.20. The Hall–Kier alpha value is -1.67. The number of rotatable bonds is 5. The summed E-state index contributed by atoms with van der Waals surface area (Å²) < 4.78 is 13.2. The van der Waals surface area contributed by atoms with Crippen molar-refractivity contribution in [2.45, 2.75) is 25.8 Å². The fraction of sp³-hybridized carbons (Fsp3) is 0.294. The Kier molecular flexibility index (Phi) is 4.69. The van der Waals surface area contributed by atoms with Gasteiger partial charge in [-0.1, -0.05) is 42.5 Å². The smallest absolute Gasteiger partial charge is 0.126 e. The van der Waals surface area contributed by atoms with Crippen LogP contribution in [0.15, 0.2) is 48.5 Å². The zero-order valence-electron chi connectivity index (χ0n) is 11.5. The summed E-state index contributed by atoms with van der Waals surface area (Å²) >= 11 is 0. The van der Waals surface area contributed by atoms with Crippen LogP contribution in [0.2, 0.25) is 0 Å². The van der Waals surface area contributed by atoms with Gasteiger partial charge in [-0.15, -0.1) is 0 Å². The van der Waals surface area contributed by atoms with Crippen molar-refractivity contribution in [1.29, 1.82) is 0 Å². The highest BCUT2D eigenvalue weighted by Gasteiger charge is 2.09. The highest BCUT2D eigenvalue weighted by molar-refractivity contribution is 5.25. The lowest BCUT2D eigenvalue weighted by molar-refractivity contribution is 0.548. The third-order valence-electron chi connectivity index (χ3n) is 3.49. The minimum Gasteiger partial charge on any atom is -0.313 e. The molecule has 2 aromatic carbocycles. The van der Waals surface area contributed by atoms with E-state index in [1.807, 2.05) is 32.2 Å². The van der Waals surface area contributed by atoms with Crippen LogP contribution in [0.1, 0.15) is 29.2 Å². The van der Waals surface area contributed by atoms with Gasteiger partial charge < -0.3 is 5.32 Å². The summed E-state index contributed by atoms with van der Waals surface area (Å²) in [5.74, 6) is -0.128. The highest BCUT2D eigenvalue weighted by Crippen LogP contribution is 2.19. The zero-order chi connectivity index (χ0) is 13.7. The minimum atomic E-state index is -0.128. The number of halogens is 1. The molecule has 100 valence electrons. The lowest BCUT2D eigenvalue weighted by Gasteiger charge is -2.16. The maximum atomic E-state index is 13.2. The van der Waals surface area contributed by atoms with E-state index >= 15 is 0 Å². The molecule has 0 amide bonds.